The van der Waals surface area contributed by atoms with E-state index in [9.17, 15) is 5.11 Å². The zero-order chi connectivity index (χ0) is 8.36. The summed E-state index contributed by atoms with van der Waals surface area (Å²) in [7, 11) is 0. The maximum Gasteiger partial charge on any atom is 0.0603 e. The maximum atomic E-state index is 9.48. The van der Waals surface area contributed by atoms with Crippen LogP contribution in [0.1, 0.15) is 34.1 Å². The Morgan fingerprint density at radius 1 is 1.40 bits per heavy atom. The molecule has 2 heteroatoms. The van der Waals surface area contributed by atoms with Gasteiger partial charge in [0.1, 0.15) is 0 Å². The number of nitrogens with two attached hydrogens (primary N) is 1. The van der Waals surface area contributed by atoms with E-state index in [2.05, 4.69) is 0 Å². The number of hydrogen-bond donors (Lipinski definition) is 2. The number of hydrogen-bond acceptors (Lipinski definition) is 2. The number of aliphatic hydroxyl groups is 1. The molecule has 0 rings (SSSR count). The first-order valence-corrected chi connectivity index (χ1v) is 3.77. The summed E-state index contributed by atoms with van der Waals surface area (Å²) >= 11 is 0. The van der Waals surface area contributed by atoms with Gasteiger partial charge in [-0.2, -0.15) is 0 Å². The minimum Gasteiger partial charge on any atom is -0.393 e. The lowest BCUT2D eigenvalue weighted by molar-refractivity contribution is 0.0512. The van der Waals surface area contributed by atoms with E-state index in [1.54, 1.807) is 0 Å². The van der Waals surface area contributed by atoms with Crippen LogP contribution in [0, 0.1) is 5.41 Å². The molecule has 0 amide bonds. The molecule has 3 N–H and O–H groups in total. The zero-order valence-electron chi connectivity index (χ0n) is 7.39. The summed E-state index contributed by atoms with van der Waals surface area (Å²) in [5, 5.41) is 9.48. The quantitative estimate of drug-likeness (QED) is 0.612. The van der Waals surface area contributed by atoms with Crippen LogP contribution in [0.25, 0.3) is 0 Å². The van der Waals surface area contributed by atoms with Gasteiger partial charge < -0.3 is 10.8 Å². The number of rotatable bonds is 2. The Bertz CT molecular complexity index is 93.9. The molecule has 0 aromatic carbocycles. The average molecular weight is 145 g/mol. The largest absolute Gasteiger partial charge is 0.393 e. The Morgan fingerprint density at radius 2 is 1.80 bits per heavy atom. The predicted molar refractivity (Wildman–Crippen MR) is 43.7 cm³/mol. The van der Waals surface area contributed by atoms with Crippen molar-refractivity contribution in [3.05, 3.63) is 0 Å². The van der Waals surface area contributed by atoms with Gasteiger partial charge in [-0.25, -0.2) is 0 Å². The second-order valence-corrected chi connectivity index (χ2v) is 4.09. The van der Waals surface area contributed by atoms with Crippen LogP contribution in [0.3, 0.4) is 0 Å². The van der Waals surface area contributed by atoms with Crippen LogP contribution in [-0.4, -0.2) is 17.3 Å². The van der Waals surface area contributed by atoms with Crippen LogP contribution < -0.4 is 5.73 Å². The molecule has 0 saturated carbocycles. The monoisotopic (exact) mass is 145 g/mol. The summed E-state index contributed by atoms with van der Waals surface area (Å²) in [6.07, 6.45) is 0.399. The number of aliphatic hydroxyl groups excluding tert-OH is 1. The van der Waals surface area contributed by atoms with Crippen molar-refractivity contribution in [2.24, 2.45) is 11.1 Å². The molecule has 0 aromatic heterocycles. The fraction of sp³-hybridized carbons (Fsp3) is 1.00. The van der Waals surface area contributed by atoms with Gasteiger partial charge in [0.05, 0.1) is 6.10 Å². The van der Waals surface area contributed by atoms with E-state index in [-0.39, 0.29) is 17.6 Å². The average Bonchev–Trinajstić information content (AvgIpc) is 1.60. The molecule has 0 fully saturated rings. The van der Waals surface area contributed by atoms with Crippen LogP contribution >= 0.6 is 0 Å². The van der Waals surface area contributed by atoms with E-state index in [0.29, 0.717) is 6.42 Å². The summed E-state index contributed by atoms with van der Waals surface area (Å²) < 4.78 is 0. The smallest absolute Gasteiger partial charge is 0.0603 e. The van der Waals surface area contributed by atoms with Gasteiger partial charge in [-0.1, -0.05) is 20.8 Å². The molecule has 62 valence electrons. The van der Waals surface area contributed by atoms with Crippen LogP contribution in [0.4, 0.5) is 0 Å². The lowest BCUT2D eigenvalue weighted by atomic mass is 9.86. The van der Waals surface area contributed by atoms with Gasteiger partial charge in [0, 0.05) is 6.04 Å². The van der Waals surface area contributed by atoms with E-state index >= 15 is 0 Å². The predicted octanol–water partition coefficient (Wildman–Crippen LogP) is 1.13. The highest BCUT2D eigenvalue weighted by atomic mass is 16.3. The Morgan fingerprint density at radius 3 is 1.90 bits per heavy atom. The van der Waals surface area contributed by atoms with Crippen molar-refractivity contribution in [3.8, 4) is 0 Å². The molecule has 0 aliphatic rings. The summed E-state index contributed by atoms with van der Waals surface area (Å²) in [5.74, 6) is 0. The molecule has 0 saturated heterocycles. The lowest BCUT2D eigenvalue weighted by Crippen LogP contribution is -2.32. The molecule has 0 radical (unpaired) electrons. The van der Waals surface area contributed by atoms with Gasteiger partial charge in [-0.3, -0.25) is 0 Å². The molecule has 0 bridgehead atoms. The second kappa shape index (κ2) is 3.35. The van der Waals surface area contributed by atoms with Gasteiger partial charge in [0.25, 0.3) is 0 Å². The van der Waals surface area contributed by atoms with E-state index in [1.807, 2.05) is 27.7 Å². The molecular weight excluding hydrogens is 126 g/mol. The molecule has 10 heavy (non-hydrogen) atoms. The summed E-state index contributed by atoms with van der Waals surface area (Å²) in [5.41, 5.74) is 5.50. The summed E-state index contributed by atoms with van der Waals surface area (Å²) in [6.45, 7) is 7.95. The van der Waals surface area contributed by atoms with Crippen molar-refractivity contribution in [2.45, 2.75) is 46.3 Å². The van der Waals surface area contributed by atoms with Crippen molar-refractivity contribution in [2.75, 3.05) is 0 Å². The van der Waals surface area contributed by atoms with Gasteiger partial charge >= 0.3 is 0 Å². The molecule has 2 nitrogen and oxygen atoms in total. The van der Waals surface area contributed by atoms with Crippen molar-refractivity contribution in [3.63, 3.8) is 0 Å². The Labute approximate surface area is 63.4 Å². The van der Waals surface area contributed by atoms with Crippen LogP contribution in [0.2, 0.25) is 0 Å². The van der Waals surface area contributed by atoms with Crippen molar-refractivity contribution < 1.29 is 5.11 Å². The van der Waals surface area contributed by atoms with Crippen LogP contribution in [0.15, 0.2) is 0 Å². The molecule has 0 heterocycles. The molecule has 2 unspecified atom stereocenters. The SMILES string of the molecule is CC(N)CC(O)C(C)(C)C. The third kappa shape index (κ3) is 3.85. The fourth-order valence-corrected chi connectivity index (χ4v) is 0.706. The standard InChI is InChI=1S/C8H19NO/c1-6(9)5-7(10)8(2,3)4/h6-7,10H,5,9H2,1-4H3. The molecule has 0 aliphatic heterocycles. The third-order valence-corrected chi connectivity index (χ3v) is 1.59. The van der Waals surface area contributed by atoms with E-state index in [4.69, 9.17) is 5.73 Å². The molecule has 0 aromatic rings. The topological polar surface area (TPSA) is 46.2 Å². The first kappa shape index (κ1) is 9.92. The Kier molecular flexibility index (Phi) is 3.33. The Hall–Kier alpha value is -0.0800. The van der Waals surface area contributed by atoms with Crippen molar-refractivity contribution in [1.82, 2.24) is 0 Å². The minimum absolute atomic E-state index is 0.0341. The van der Waals surface area contributed by atoms with Crippen LogP contribution in [0.5, 0.6) is 0 Å². The zero-order valence-corrected chi connectivity index (χ0v) is 7.39. The van der Waals surface area contributed by atoms with E-state index in [0.717, 1.165) is 0 Å². The van der Waals surface area contributed by atoms with E-state index < -0.39 is 0 Å². The highest BCUT2D eigenvalue weighted by molar-refractivity contribution is 4.75. The van der Waals surface area contributed by atoms with Gasteiger partial charge in [-0.05, 0) is 18.8 Å². The molecule has 0 spiro atoms. The minimum atomic E-state index is -0.285. The summed E-state index contributed by atoms with van der Waals surface area (Å²) in [4.78, 5) is 0. The highest BCUT2D eigenvalue weighted by Crippen LogP contribution is 2.21. The van der Waals surface area contributed by atoms with Crippen molar-refractivity contribution >= 4 is 0 Å². The van der Waals surface area contributed by atoms with Gasteiger partial charge in [0.15, 0.2) is 0 Å². The van der Waals surface area contributed by atoms with Crippen molar-refractivity contribution in [1.29, 1.82) is 0 Å². The first-order chi connectivity index (χ1) is 4.34. The molecule has 2 atom stereocenters. The van der Waals surface area contributed by atoms with Crippen LogP contribution in [-0.2, 0) is 0 Å². The third-order valence-electron chi connectivity index (χ3n) is 1.59. The fourth-order valence-electron chi connectivity index (χ4n) is 0.706. The Balaban J connectivity index is 3.73. The van der Waals surface area contributed by atoms with Gasteiger partial charge in [-0.15, -0.1) is 0 Å². The normalized spacial score (nSPS) is 18.6. The van der Waals surface area contributed by atoms with E-state index in [1.165, 1.54) is 0 Å². The highest BCUT2D eigenvalue weighted by Gasteiger charge is 2.22. The lowest BCUT2D eigenvalue weighted by Gasteiger charge is -2.26. The summed E-state index contributed by atoms with van der Waals surface area (Å²) in [6, 6.07) is 0.0919. The molecule has 0 aliphatic carbocycles. The maximum absolute atomic E-state index is 9.48. The second-order valence-electron chi connectivity index (χ2n) is 4.09. The van der Waals surface area contributed by atoms with Gasteiger partial charge in [0.2, 0.25) is 0 Å². The molecular formula is C8H19NO. The first-order valence-electron chi connectivity index (χ1n) is 3.77.